The van der Waals surface area contributed by atoms with Crippen LogP contribution in [-0.2, 0) is 11.3 Å². The standard InChI is InChI=1S/C18H26N2O/c21-18-15-19(13-16-7-3-1-4-8-16)11-12-20(18)14-17-9-5-2-6-10-17/h2,5-6,9-10,16H,1,3-4,7-8,11-15H2. The molecule has 0 radical (unpaired) electrons. The molecule has 0 bridgehead atoms. The van der Waals surface area contributed by atoms with Gasteiger partial charge in [-0.05, 0) is 24.3 Å². The van der Waals surface area contributed by atoms with Crippen LogP contribution in [0.3, 0.4) is 0 Å². The first-order valence-electron chi connectivity index (χ1n) is 8.35. The Bertz CT molecular complexity index is 454. The summed E-state index contributed by atoms with van der Waals surface area (Å²) in [5, 5.41) is 0. The number of piperazine rings is 1. The van der Waals surface area contributed by atoms with E-state index in [-0.39, 0.29) is 0 Å². The van der Waals surface area contributed by atoms with E-state index in [2.05, 4.69) is 17.0 Å². The maximum atomic E-state index is 12.3. The van der Waals surface area contributed by atoms with Gasteiger partial charge in [0.25, 0.3) is 0 Å². The maximum absolute atomic E-state index is 12.3. The van der Waals surface area contributed by atoms with Crippen LogP contribution in [0.25, 0.3) is 0 Å². The van der Waals surface area contributed by atoms with Crippen molar-refractivity contribution in [1.29, 1.82) is 0 Å². The predicted octanol–water partition coefficient (Wildman–Crippen LogP) is 2.91. The van der Waals surface area contributed by atoms with Crippen LogP contribution in [-0.4, -0.2) is 41.9 Å². The molecule has 21 heavy (non-hydrogen) atoms. The Morgan fingerprint density at radius 3 is 2.48 bits per heavy atom. The minimum absolute atomic E-state index is 0.293. The number of nitrogens with zero attached hydrogens (tertiary/aromatic N) is 2. The Hall–Kier alpha value is -1.35. The highest BCUT2D eigenvalue weighted by Crippen LogP contribution is 2.25. The van der Waals surface area contributed by atoms with Crippen molar-refractivity contribution >= 4 is 5.91 Å². The SMILES string of the molecule is O=C1CN(CC2CCCCC2)CCN1Cc1ccccc1. The van der Waals surface area contributed by atoms with Crippen molar-refractivity contribution in [2.24, 2.45) is 5.92 Å². The summed E-state index contributed by atoms with van der Waals surface area (Å²) < 4.78 is 0. The fourth-order valence-electron chi connectivity index (χ4n) is 3.62. The van der Waals surface area contributed by atoms with Gasteiger partial charge in [-0.15, -0.1) is 0 Å². The van der Waals surface area contributed by atoms with Gasteiger partial charge in [0.1, 0.15) is 0 Å². The van der Waals surface area contributed by atoms with E-state index in [1.165, 1.54) is 37.7 Å². The zero-order valence-electron chi connectivity index (χ0n) is 12.8. The number of amides is 1. The van der Waals surface area contributed by atoms with E-state index in [4.69, 9.17) is 0 Å². The summed E-state index contributed by atoms with van der Waals surface area (Å²) >= 11 is 0. The molecule has 1 aromatic rings. The molecule has 1 saturated heterocycles. The highest BCUT2D eigenvalue weighted by molar-refractivity contribution is 5.79. The van der Waals surface area contributed by atoms with E-state index in [1.807, 2.05) is 23.1 Å². The topological polar surface area (TPSA) is 23.6 Å². The molecule has 3 heteroatoms. The third-order valence-electron chi connectivity index (χ3n) is 4.86. The molecular weight excluding hydrogens is 260 g/mol. The minimum Gasteiger partial charge on any atom is -0.336 e. The molecule has 1 heterocycles. The Labute approximate surface area is 127 Å². The monoisotopic (exact) mass is 286 g/mol. The largest absolute Gasteiger partial charge is 0.336 e. The van der Waals surface area contributed by atoms with Crippen molar-refractivity contribution in [3.63, 3.8) is 0 Å². The Morgan fingerprint density at radius 1 is 1.00 bits per heavy atom. The van der Waals surface area contributed by atoms with Gasteiger partial charge in [-0.3, -0.25) is 9.69 Å². The lowest BCUT2D eigenvalue weighted by Crippen LogP contribution is -2.51. The lowest BCUT2D eigenvalue weighted by atomic mass is 9.89. The van der Waals surface area contributed by atoms with Crippen molar-refractivity contribution in [3.05, 3.63) is 35.9 Å². The number of rotatable bonds is 4. The molecule has 0 unspecified atom stereocenters. The summed E-state index contributed by atoms with van der Waals surface area (Å²) in [5.41, 5.74) is 1.23. The lowest BCUT2D eigenvalue weighted by Gasteiger charge is -2.36. The Morgan fingerprint density at radius 2 is 1.76 bits per heavy atom. The third kappa shape index (κ3) is 4.07. The van der Waals surface area contributed by atoms with Crippen LogP contribution in [0.2, 0.25) is 0 Å². The fourth-order valence-corrected chi connectivity index (χ4v) is 3.62. The molecule has 3 rings (SSSR count). The summed E-state index contributed by atoms with van der Waals surface area (Å²) in [7, 11) is 0. The molecule has 1 aromatic carbocycles. The van der Waals surface area contributed by atoms with Crippen LogP contribution in [0.1, 0.15) is 37.7 Å². The van der Waals surface area contributed by atoms with Crippen LogP contribution >= 0.6 is 0 Å². The molecule has 1 amide bonds. The van der Waals surface area contributed by atoms with E-state index >= 15 is 0 Å². The van der Waals surface area contributed by atoms with Crippen molar-refractivity contribution < 1.29 is 4.79 Å². The lowest BCUT2D eigenvalue weighted by molar-refractivity contribution is -0.137. The highest BCUT2D eigenvalue weighted by Gasteiger charge is 2.26. The van der Waals surface area contributed by atoms with Gasteiger partial charge in [0.05, 0.1) is 6.54 Å². The second kappa shape index (κ2) is 7.08. The van der Waals surface area contributed by atoms with Crippen LogP contribution in [0.15, 0.2) is 30.3 Å². The van der Waals surface area contributed by atoms with Crippen molar-refractivity contribution in [2.75, 3.05) is 26.2 Å². The summed E-state index contributed by atoms with van der Waals surface area (Å²) in [6.07, 6.45) is 6.89. The fraction of sp³-hybridized carbons (Fsp3) is 0.611. The van der Waals surface area contributed by atoms with Gasteiger partial charge in [-0.1, -0.05) is 49.6 Å². The van der Waals surface area contributed by atoms with Crippen molar-refractivity contribution in [1.82, 2.24) is 9.80 Å². The number of carbonyl (C=O) groups is 1. The minimum atomic E-state index is 0.293. The molecule has 0 N–H and O–H groups in total. The molecule has 2 fully saturated rings. The van der Waals surface area contributed by atoms with Crippen LogP contribution in [0.5, 0.6) is 0 Å². The summed E-state index contributed by atoms with van der Waals surface area (Å²) in [6.45, 7) is 4.42. The maximum Gasteiger partial charge on any atom is 0.237 e. The van der Waals surface area contributed by atoms with Gasteiger partial charge >= 0.3 is 0 Å². The van der Waals surface area contributed by atoms with Crippen LogP contribution < -0.4 is 0 Å². The molecule has 1 aliphatic heterocycles. The van der Waals surface area contributed by atoms with Gasteiger partial charge in [-0.25, -0.2) is 0 Å². The second-order valence-electron chi connectivity index (χ2n) is 6.54. The molecule has 2 aliphatic rings. The molecule has 0 atom stereocenters. The van der Waals surface area contributed by atoms with E-state index in [0.717, 1.165) is 32.1 Å². The zero-order valence-corrected chi connectivity index (χ0v) is 12.8. The zero-order chi connectivity index (χ0) is 14.5. The molecule has 1 aliphatic carbocycles. The average Bonchev–Trinajstić information content (AvgIpc) is 2.52. The molecule has 3 nitrogen and oxygen atoms in total. The number of carbonyl (C=O) groups excluding carboxylic acids is 1. The predicted molar refractivity (Wildman–Crippen MR) is 84.9 cm³/mol. The Kier molecular flexibility index (Phi) is 4.91. The summed E-state index contributed by atoms with van der Waals surface area (Å²) in [4.78, 5) is 16.7. The first-order valence-corrected chi connectivity index (χ1v) is 8.35. The number of hydrogen-bond donors (Lipinski definition) is 0. The molecule has 114 valence electrons. The second-order valence-corrected chi connectivity index (χ2v) is 6.54. The van der Waals surface area contributed by atoms with E-state index < -0.39 is 0 Å². The van der Waals surface area contributed by atoms with Crippen molar-refractivity contribution in [2.45, 2.75) is 38.6 Å². The molecular formula is C18H26N2O. The smallest absolute Gasteiger partial charge is 0.237 e. The number of hydrogen-bond acceptors (Lipinski definition) is 2. The van der Waals surface area contributed by atoms with Crippen LogP contribution in [0.4, 0.5) is 0 Å². The van der Waals surface area contributed by atoms with Gasteiger partial charge in [0.15, 0.2) is 0 Å². The quantitative estimate of drug-likeness (QED) is 0.849. The summed E-state index contributed by atoms with van der Waals surface area (Å²) in [6, 6.07) is 10.3. The third-order valence-corrected chi connectivity index (χ3v) is 4.86. The van der Waals surface area contributed by atoms with Gasteiger partial charge < -0.3 is 4.90 Å². The summed E-state index contributed by atoms with van der Waals surface area (Å²) in [5.74, 6) is 1.12. The first-order chi connectivity index (χ1) is 10.3. The van der Waals surface area contributed by atoms with E-state index in [9.17, 15) is 4.79 Å². The van der Waals surface area contributed by atoms with Crippen LogP contribution in [0, 0.1) is 5.92 Å². The average molecular weight is 286 g/mol. The molecule has 0 aromatic heterocycles. The van der Waals surface area contributed by atoms with E-state index in [0.29, 0.717) is 12.5 Å². The van der Waals surface area contributed by atoms with Gasteiger partial charge in [-0.2, -0.15) is 0 Å². The normalized spacial score (nSPS) is 21.7. The Balaban J connectivity index is 1.48. The van der Waals surface area contributed by atoms with E-state index in [1.54, 1.807) is 0 Å². The number of benzene rings is 1. The highest BCUT2D eigenvalue weighted by atomic mass is 16.2. The van der Waals surface area contributed by atoms with Gasteiger partial charge in [0, 0.05) is 26.2 Å². The van der Waals surface area contributed by atoms with Crippen molar-refractivity contribution in [3.8, 4) is 0 Å². The first kappa shape index (κ1) is 14.6. The van der Waals surface area contributed by atoms with Gasteiger partial charge in [0.2, 0.25) is 5.91 Å². The molecule has 0 spiro atoms. The molecule has 1 saturated carbocycles.